The molecule has 0 saturated carbocycles. The van der Waals surface area contributed by atoms with E-state index in [-0.39, 0.29) is 5.96 Å². The first-order chi connectivity index (χ1) is 9.51. The molecule has 6 heteroatoms. The maximum Gasteiger partial charge on any atom is 0.483 e. The smallest absolute Gasteiger partial charge is 0.282 e. The molecule has 3 N–H and O–H groups in total. The van der Waals surface area contributed by atoms with Gasteiger partial charge in [0.05, 0.1) is 12.4 Å². The number of aliphatic imine (C=N–C) groups is 1. The number of hydrogen-bond acceptors (Lipinski definition) is 3. The van der Waals surface area contributed by atoms with E-state index < -0.39 is 5.66 Å². The molecular weight excluding hydrogens is 274 g/mol. The minimum absolute atomic E-state index is 0.152. The van der Waals surface area contributed by atoms with Crippen LogP contribution >= 0.6 is 11.6 Å². The van der Waals surface area contributed by atoms with Gasteiger partial charge in [-0.05, 0) is 20.4 Å². The number of halogens is 1. The Kier molecular flexibility index (Phi) is 9.84. The van der Waals surface area contributed by atoms with Crippen molar-refractivity contribution in [1.82, 2.24) is 10.2 Å². The summed E-state index contributed by atoms with van der Waals surface area (Å²) in [5, 5.41) is 2.98. The Morgan fingerprint density at radius 2 is 2.25 bits per heavy atom. The maximum absolute atomic E-state index is 5.82. The predicted octanol–water partition coefficient (Wildman–Crippen LogP) is 1.54. The molecule has 0 aromatic carbocycles. The topological polar surface area (TPSA) is 58.0 Å². The van der Waals surface area contributed by atoms with Crippen LogP contribution in [0.15, 0.2) is 4.99 Å². The molecular formula is C14H25ClN5+. The number of terminal acetylenes is 1. The molecule has 0 fully saturated rings. The third-order valence-electron chi connectivity index (χ3n) is 2.79. The SMILES string of the molecule is C#CCN(CC#[N+]/C(N)=N\C(C)(CCl)NC)CCCC. The molecule has 0 aromatic rings. The van der Waals surface area contributed by atoms with Gasteiger partial charge in [0.25, 0.3) is 0 Å². The largest absolute Gasteiger partial charge is 0.483 e. The highest BCUT2D eigenvalue weighted by Crippen LogP contribution is 2.07. The van der Waals surface area contributed by atoms with Crippen LogP contribution in [0.25, 0.3) is 4.85 Å². The lowest BCUT2D eigenvalue weighted by Gasteiger charge is -2.15. The quantitative estimate of drug-likeness (QED) is 0.235. The normalized spacial score (nSPS) is 14.3. The Morgan fingerprint density at radius 3 is 2.75 bits per heavy atom. The number of rotatable bonds is 8. The molecule has 112 valence electrons. The van der Waals surface area contributed by atoms with Gasteiger partial charge in [-0.15, -0.1) is 18.0 Å². The first-order valence-corrected chi connectivity index (χ1v) is 7.24. The summed E-state index contributed by atoms with van der Waals surface area (Å²) in [4.78, 5) is 10.3. The summed E-state index contributed by atoms with van der Waals surface area (Å²) >= 11 is 5.82. The summed E-state index contributed by atoms with van der Waals surface area (Å²) in [5.74, 6) is 3.08. The summed E-state index contributed by atoms with van der Waals surface area (Å²) in [6.07, 6.45) is 7.55. The van der Waals surface area contributed by atoms with Gasteiger partial charge in [0.15, 0.2) is 5.66 Å². The molecule has 0 bridgehead atoms. The highest BCUT2D eigenvalue weighted by molar-refractivity contribution is 6.18. The van der Waals surface area contributed by atoms with Crippen molar-refractivity contribution in [3.8, 4) is 18.4 Å². The van der Waals surface area contributed by atoms with E-state index in [0.29, 0.717) is 19.0 Å². The molecule has 5 nitrogen and oxygen atoms in total. The lowest BCUT2D eigenvalue weighted by molar-refractivity contribution is 0.338. The summed E-state index contributed by atoms with van der Waals surface area (Å²) in [6.45, 7) is 6.03. The number of nitrogens with zero attached hydrogens (tertiary/aromatic N) is 3. The molecule has 1 atom stereocenters. The second kappa shape index (κ2) is 10.5. The number of guanidine groups is 1. The van der Waals surface area contributed by atoms with Crippen LogP contribution in [0.5, 0.6) is 0 Å². The van der Waals surface area contributed by atoms with E-state index in [1.165, 1.54) is 0 Å². The number of nitrogens with two attached hydrogens (primary N) is 1. The van der Waals surface area contributed by atoms with Crippen molar-refractivity contribution in [3.05, 3.63) is 4.85 Å². The summed E-state index contributed by atoms with van der Waals surface area (Å²) < 4.78 is 0. The second-order valence-corrected chi connectivity index (χ2v) is 4.93. The van der Waals surface area contributed by atoms with Gasteiger partial charge < -0.3 is 0 Å². The van der Waals surface area contributed by atoms with Crippen molar-refractivity contribution in [3.63, 3.8) is 0 Å². The molecule has 0 heterocycles. The van der Waals surface area contributed by atoms with Crippen LogP contribution < -0.4 is 11.1 Å². The minimum atomic E-state index is -0.614. The van der Waals surface area contributed by atoms with Gasteiger partial charge >= 0.3 is 5.96 Å². The Bertz CT molecular complexity index is 398. The third-order valence-corrected chi connectivity index (χ3v) is 3.31. The molecule has 0 rings (SSSR count). The highest BCUT2D eigenvalue weighted by Gasteiger charge is 2.25. The van der Waals surface area contributed by atoms with Crippen molar-refractivity contribution in [2.24, 2.45) is 10.7 Å². The van der Waals surface area contributed by atoms with Gasteiger partial charge in [-0.2, -0.15) is 4.85 Å². The zero-order chi connectivity index (χ0) is 15.4. The average Bonchev–Trinajstić information content (AvgIpc) is 2.44. The van der Waals surface area contributed by atoms with Crippen molar-refractivity contribution in [1.29, 1.82) is 0 Å². The maximum atomic E-state index is 5.82. The predicted molar refractivity (Wildman–Crippen MR) is 87.2 cm³/mol. The van der Waals surface area contributed by atoms with E-state index in [1.807, 2.05) is 6.92 Å². The fourth-order valence-electron chi connectivity index (χ4n) is 1.37. The van der Waals surface area contributed by atoms with E-state index in [9.17, 15) is 0 Å². The number of nitrogens with one attached hydrogen (secondary N) is 1. The van der Waals surface area contributed by atoms with E-state index in [1.54, 1.807) is 7.05 Å². The number of alkyl halides is 1. The van der Waals surface area contributed by atoms with E-state index in [4.69, 9.17) is 23.8 Å². The summed E-state index contributed by atoms with van der Waals surface area (Å²) in [7, 11) is 1.77. The molecule has 0 spiro atoms. The zero-order valence-electron chi connectivity index (χ0n) is 12.6. The van der Waals surface area contributed by atoms with Gasteiger partial charge in [-0.3, -0.25) is 16.0 Å². The molecule has 0 saturated heterocycles. The van der Waals surface area contributed by atoms with Crippen LogP contribution in [0.2, 0.25) is 0 Å². The van der Waals surface area contributed by atoms with E-state index in [2.05, 4.69) is 39.0 Å². The molecule has 0 amide bonds. The molecule has 0 aliphatic carbocycles. The summed E-state index contributed by atoms with van der Waals surface area (Å²) in [5.41, 5.74) is 5.12. The van der Waals surface area contributed by atoms with Crippen molar-refractivity contribution >= 4 is 17.6 Å². The van der Waals surface area contributed by atoms with Crippen LogP contribution in [-0.2, 0) is 0 Å². The number of hydrogen-bond donors (Lipinski definition) is 2. The molecule has 0 aliphatic rings. The molecule has 20 heavy (non-hydrogen) atoms. The molecule has 0 aliphatic heterocycles. The van der Waals surface area contributed by atoms with Gasteiger partial charge in [0, 0.05) is 6.54 Å². The van der Waals surface area contributed by atoms with Gasteiger partial charge in [0.2, 0.25) is 0 Å². The monoisotopic (exact) mass is 298 g/mol. The Hall–Kier alpha value is -1.27. The van der Waals surface area contributed by atoms with E-state index in [0.717, 1.165) is 19.4 Å². The highest BCUT2D eigenvalue weighted by atomic mass is 35.5. The Morgan fingerprint density at radius 1 is 1.55 bits per heavy atom. The van der Waals surface area contributed by atoms with Gasteiger partial charge in [-0.25, -0.2) is 0 Å². The van der Waals surface area contributed by atoms with Crippen LogP contribution in [-0.4, -0.2) is 49.1 Å². The standard InChI is InChI=1S/C14H25ClN5/c1-5-7-10-20(9-6-2)11-8-18-13(16)19-14(3,12-15)17-4/h2,17H,5,7,9-12H2,1,3-4H3,(H2,16,19)/q+1. The molecule has 0 radical (unpaired) electrons. The minimum Gasteiger partial charge on any atom is -0.282 e. The zero-order valence-corrected chi connectivity index (χ0v) is 13.4. The summed E-state index contributed by atoms with van der Waals surface area (Å²) in [6, 6.07) is 2.88. The van der Waals surface area contributed by atoms with Crippen molar-refractivity contribution < 1.29 is 0 Å². The van der Waals surface area contributed by atoms with Gasteiger partial charge in [-0.1, -0.05) is 24.3 Å². The Labute approximate surface area is 127 Å². The lowest BCUT2D eigenvalue weighted by Crippen LogP contribution is -2.41. The van der Waals surface area contributed by atoms with Gasteiger partial charge in [0.1, 0.15) is 12.6 Å². The third kappa shape index (κ3) is 8.01. The van der Waals surface area contributed by atoms with Crippen molar-refractivity contribution in [2.75, 3.05) is 32.6 Å². The lowest BCUT2D eigenvalue weighted by atomic mass is 10.3. The fourth-order valence-corrected chi connectivity index (χ4v) is 1.57. The van der Waals surface area contributed by atoms with Crippen LogP contribution in [0, 0.1) is 18.4 Å². The van der Waals surface area contributed by atoms with Crippen LogP contribution in [0.3, 0.4) is 0 Å². The average molecular weight is 299 g/mol. The van der Waals surface area contributed by atoms with Crippen molar-refractivity contribution in [2.45, 2.75) is 32.4 Å². The number of unbranched alkanes of at least 4 members (excludes halogenated alkanes) is 1. The van der Waals surface area contributed by atoms with Crippen LogP contribution in [0.4, 0.5) is 0 Å². The van der Waals surface area contributed by atoms with E-state index >= 15 is 0 Å². The first kappa shape index (κ1) is 18.7. The van der Waals surface area contributed by atoms with Crippen LogP contribution in [0.1, 0.15) is 26.7 Å². The Balaban J connectivity index is 4.56. The molecule has 1 unspecified atom stereocenters. The first-order valence-electron chi connectivity index (χ1n) is 6.71. The molecule has 0 aromatic heterocycles. The second-order valence-electron chi connectivity index (χ2n) is 4.67. The fraction of sp³-hybridized carbons (Fsp3) is 0.714.